The molecule has 2 bridgehead atoms. The summed E-state index contributed by atoms with van der Waals surface area (Å²) in [5.41, 5.74) is 1.05. The maximum Gasteiger partial charge on any atom is 0.310 e. The number of halogens is 1. The number of benzene rings is 1. The first kappa shape index (κ1) is 13.6. The number of esters is 1. The van der Waals surface area contributed by atoms with Gasteiger partial charge in [0.2, 0.25) is 0 Å². The molecule has 0 N–H and O–H groups in total. The van der Waals surface area contributed by atoms with Gasteiger partial charge in [-0.2, -0.15) is 0 Å². The number of hydrogen-bond donors (Lipinski definition) is 0. The van der Waals surface area contributed by atoms with Crippen LogP contribution in [0.2, 0.25) is 0 Å². The Hall–Kier alpha value is -1.42. The quantitative estimate of drug-likeness (QED) is 0.778. The zero-order valence-electron chi connectivity index (χ0n) is 11.9. The smallest absolute Gasteiger partial charge is 0.310 e. The van der Waals surface area contributed by atoms with E-state index in [9.17, 15) is 9.18 Å². The zero-order chi connectivity index (χ0) is 14.3. The topological polar surface area (TPSA) is 29.5 Å². The molecular formula is C16H20FNO2. The third-order valence-electron chi connectivity index (χ3n) is 5.04. The fourth-order valence-corrected chi connectivity index (χ4v) is 3.98. The molecule has 0 radical (unpaired) electrons. The van der Waals surface area contributed by atoms with E-state index in [1.807, 2.05) is 0 Å². The number of carbonyl (C=O) groups excluding carboxylic acids is 1. The molecule has 1 aromatic carbocycles. The molecule has 4 heteroatoms. The first-order valence-electron chi connectivity index (χ1n) is 7.17. The van der Waals surface area contributed by atoms with E-state index in [1.165, 1.54) is 19.2 Å². The van der Waals surface area contributed by atoms with Crippen LogP contribution in [0.15, 0.2) is 24.3 Å². The average molecular weight is 276 g/mol. The number of piperidine rings is 1. The summed E-state index contributed by atoms with van der Waals surface area (Å²) in [7, 11) is 3.55. The van der Waals surface area contributed by atoms with Gasteiger partial charge >= 0.3 is 5.97 Å². The highest BCUT2D eigenvalue weighted by Crippen LogP contribution is 2.46. The summed E-state index contributed by atoms with van der Waals surface area (Å²) in [6, 6.07) is 7.34. The van der Waals surface area contributed by atoms with Gasteiger partial charge in [0.05, 0.1) is 13.0 Å². The van der Waals surface area contributed by atoms with Crippen molar-refractivity contribution < 1.29 is 13.9 Å². The van der Waals surface area contributed by atoms with E-state index in [2.05, 4.69) is 11.9 Å². The maximum absolute atomic E-state index is 13.1. The third-order valence-corrected chi connectivity index (χ3v) is 5.04. The first-order valence-corrected chi connectivity index (χ1v) is 7.17. The summed E-state index contributed by atoms with van der Waals surface area (Å²) < 4.78 is 18.1. The molecule has 0 spiro atoms. The highest BCUT2D eigenvalue weighted by molar-refractivity contribution is 5.75. The number of nitrogens with zero attached hydrogens (tertiary/aromatic N) is 1. The molecule has 3 nitrogen and oxygen atoms in total. The Morgan fingerprint density at radius 2 is 2.00 bits per heavy atom. The summed E-state index contributed by atoms with van der Waals surface area (Å²) in [6.07, 6.45) is 3.11. The molecule has 2 heterocycles. The Morgan fingerprint density at radius 3 is 2.65 bits per heavy atom. The normalized spacial score (nSPS) is 33.1. The number of carbonyl (C=O) groups is 1. The lowest BCUT2D eigenvalue weighted by atomic mass is 9.76. The van der Waals surface area contributed by atoms with Crippen molar-refractivity contribution in [1.82, 2.24) is 4.90 Å². The van der Waals surface area contributed by atoms with Gasteiger partial charge in [0.1, 0.15) is 5.82 Å². The third kappa shape index (κ3) is 2.12. The van der Waals surface area contributed by atoms with Crippen molar-refractivity contribution in [3.05, 3.63) is 35.6 Å². The van der Waals surface area contributed by atoms with Crippen LogP contribution in [0.5, 0.6) is 0 Å². The Morgan fingerprint density at radius 1 is 1.30 bits per heavy atom. The number of rotatable bonds is 2. The lowest BCUT2D eigenvalue weighted by molar-refractivity contribution is -0.150. The van der Waals surface area contributed by atoms with E-state index in [-0.39, 0.29) is 29.7 Å². The average Bonchev–Trinajstić information content (AvgIpc) is 2.70. The van der Waals surface area contributed by atoms with Gasteiger partial charge in [0, 0.05) is 18.0 Å². The zero-order valence-corrected chi connectivity index (χ0v) is 11.9. The van der Waals surface area contributed by atoms with Gasteiger partial charge in [-0.1, -0.05) is 12.1 Å². The van der Waals surface area contributed by atoms with E-state index in [4.69, 9.17) is 4.74 Å². The predicted molar refractivity (Wildman–Crippen MR) is 73.8 cm³/mol. The second kappa shape index (κ2) is 5.17. The molecule has 1 aromatic rings. The van der Waals surface area contributed by atoms with Gasteiger partial charge in [-0.15, -0.1) is 0 Å². The van der Waals surface area contributed by atoms with E-state index < -0.39 is 0 Å². The number of methoxy groups -OCH3 is 1. The fraction of sp³-hybridized carbons (Fsp3) is 0.562. The molecule has 0 amide bonds. The molecule has 2 aliphatic rings. The highest BCUT2D eigenvalue weighted by Gasteiger charge is 2.49. The SMILES string of the molecule is COC(=O)[C@@H]1[C@@H](c2ccc([18F])cc2)C[C@H]2CC[C@@H]1N2C. The molecule has 0 saturated carbocycles. The van der Waals surface area contributed by atoms with Crippen molar-refractivity contribution >= 4 is 5.97 Å². The van der Waals surface area contributed by atoms with Crippen molar-refractivity contribution in [3.8, 4) is 0 Å². The molecule has 2 fully saturated rings. The minimum absolute atomic E-state index is 0.136. The van der Waals surface area contributed by atoms with Crippen LogP contribution >= 0.6 is 0 Å². The van der Waals surface area contributed by atoms with Crippen LogP contribution in [0.4, 0.5) is 4.39 Å². The minimum Gasteiger partial charge on any atom is -0.469 e. The summed E-state index contributed by atoms with van der Waals surface area (Å²) >= 11 is 0. The number of fused-ring (bicyclic) bond motifs is 2. The standard InChI is InChI=1S/C16H20FNO2/c1-18-12-7-8-14(18)15(16(19)20-2)13(9-12)10-3-5-11(17)6-4-10/h3-6,12-15H,7-9H2,1-2H3/t12-,13-,14+,15-/m1/s1/i17-1. The largest absolute Gasteiger partial charge is 0.469 e. The molecule has 3 rings (SSSR count). The van der Waals surface area contributed by atoms with Gasteiger partial charge in [-0.3, -0.25) is 9.69 Å². The van der Waals surface area contributed by atoms with Crippen molar-refractivity contribution in [3.63, 3.8) is 0 Å². The molecule has 108 valence electrons. The van der Waals surface area contributed by atoms with Gasteiger partial charge < -0.3 is 4.74 Å². The summed E-state index contributed by atoms with van der Waals surface area (Å²) in [4.78, 5) is 14.5. The molecule has 4 atom stereocenters. The molecule has 0 aliphatic carbocycles. The number of ether oxygens (including phenoxy) is 1. The predicted octanol–water partition coefficient (Wildman–Crippen LogP) is 2.57. The van der Waals surface area contributed by atoms with Crippen LogP contribution in [0.3, 0.4) is 0 Å². The van der Waals surface area contributed by atoms with Crippen LogP contribution in [0.1, 0.15) is 30.7 Å². The lowest BCUT2D eigenvalue weighted by Gasteiger charge is -2.41. The van der Waals surface area contributed by atoms with Gasteiger partial charge in [-0.05, 0) is 44.0 Å². The van der Waals surface area contributed by atoms with Crippen molar-refractivity contribution in [2.75, 3.05) is 14.2 Å². The van der Waals surface area contributed by atoms with E-state index in [0.717, 1.165) is 24.8 Å². The van der Waals surface area contributed by atoms with Crippen molar-refractivity contribution in [2.45, 2.75) is 37.3 Å². The Balaban J connectivity index is 1.95. The maximum atomic E-state index is 13.1. The van der Waals surface area contributed by atoms with Crippen LogP contribution in [0.25, 0.3) is 0 Å². The minimum atomic E-state index is -0.237. The van der Waals surface area contributed by atoms with Gasteiger partial charge in [-0.25, -0.2) is 4.39 Å². The summed E-state index contributed by atoms with van der Waals surface area (Å²) in [6.45, 7) is 0. The van der Waals surface area contributed by atoms with Crippen LogP contribution in [0, 0.1) is 11.7 Å². The molecule has 2 saturated heterocycles. The molecule has 0 aromatic heterocycles. The van der Waals surface area contributed by atoms with Crippen LogP contribution in [-0.4, -0.2) is 37.1 Å². The lowest BCUT2D eigenvalue weighted by Crippen LogP contribution is -2.49. The summed E-state index contributed by atoms with van der Waals surface area (Å²) in [5, 5.41) is 0. The fourth-order valence-electron chi connectivity index (χ4n) is 3.98. The Bertz CT molecular complexity index is 502. The second-order valence-corrected chi connectivity index (χ2v) is 5.91. The molecule has 2 aliphatic heterocycles. The Kier molecular flexibility index (Phi) is 3.50. The number of hydrogen-bond acceptors (Lipinski definition) is 3. The van der Waals surface area contributed by atoms with Crippen LogP contribution < -0.4 is 0 Å². The van der Waals surface area contributed by atoms with E-state index in [1.54, 1.807) is 12.1 Å². The molecule has 20 heavy (non-hydrogen) atoms. The summed E-state index contributed by atoms with van der Waals surface area (Å²) in [5.74, 6) is -0.387. The van der Waals surface area contributed by atoms with Gasteiger partial charge in [0.25, 0.3) is 0 Å². The second-order valence-electron chi connectivity index (χ2n) is 5.91. The van der Waals surface area contributed by atoms with Crippen molar-refractivity contribution in [1.29, 1.82) is 0 Å². The highest BCUT2D eigenvalue weighted by atomic mass is 18.2. The monoisotopic (exact) mass is 276 g/mol. The van der Waals surface area contributed by atoms with Gasteiger partial charge in [0.15, 0.2) is 0 Å². The molecule has 0 unspecified atom stereocenters. The first-order chi connectivity index (χ1) is 9.61. The van der Waals surface area contributed by atoms with E-state index in [0.29, 0.717) is 6.04 Å². The van der Waals surface area contributed by atoms with Crippen molar-refractivity contribution in [2.24, 2.45) is 5.92 Å². The molecular weight excluding hydrogens is 256 g/mol. The van der Waals surface area contributed by atoms with E-state index >= 15 is 0 Å². The Labute approximate surface area is 118 Å². The van der Waals surface area contributed by atoms with Crippen LogP contribution in [-0.2, 0) is 9.53 Å².